The molecule has 0 aromatic heterocycles. The summed E-state index contributed by atoms with van der Waals surface area (Å²) in [5.41, 5.74) is 1.09. The predicted molar refractivity (Wildman–Crippen MR) is 113 cm³/mol. The van der Waals surface area contributed by atoms with E-state index < -0.39 is 6.23 Å². The molecule has 0 fully saturated rings. The molecule has 0 heterocycles. The Morgan fingerprint density at radius 3 is 1.92 bits per heavy atom. The maximum absolute atomic E-state index is 11.7. The molecule has 0 aromatic carbocycles. The number of aliphatic hydroxyl groups excluding tert-OH is 1. The molecule has 3 atom stereocenters. The van der Waals surface area contributed by atoms with Gasteiger partial charge in [-0.25, -0.2) is 0 Å². The van der Waals surface area contributed by atoms with Crippen LogP contribution in [0.25, 0.3) is 0 Å². The molecule has 0 aliphatic carbocycles. The number of allylic oxidation sites excluding steroid dienone is 1. The van der Waals surface area contributed by atoms with E-state index >= 15 is 0 Å². The SMILES string of the molecule is CCC(O)NC(=O)/C=C(\C)CCCC(C)CCCC(C)CCCC(C)C. The Morgan fingerprint density at radius 2 is 1.42 bits per heavy atom. The Bertz CT molecular complexity index is 390. The Balaban J connectivity index is 3.78. The average Bonchev–Trinajstić information content (AvgIpc) is 2.54. The van der Waals surface area contributed by atoms with Crippen LogP contribution in [0.3, 0.4) is 0 Å². The lowest BCUT2D eigenvalue weighted by atomic mass is 9.91. The van der Waals surface area contributed by atoms with Gasteiger partial charge >= 0.3 is 0 Å². The summed E-state index contributed by atoms with van der Waals surface area (Å²) < 4.78 is 0. The first-order valence-electron chi connectivity index (χ1n) is 10.9. The summed E-state index contributed by atoms with van der Waals surface area (Å²) in [6, 6.07) is 0. The molecule has 0 spiro atoms. The summed E-state index contributed by atoms with van der Waals surface area (Å²) in [7, 11) is 0. The molecule has 0 aliphatic rings. The molecular weight excluding hydrogens is 322 g/mol. The van der Waals surface area contributed by atoms with E-state index in [1.807, 2.05) is 13.8 Å². The molecule has 0 saturated carbocycles. The van der Waals surface area contributed by atoms with E-state index in [-0.39, 0.29) is 5.91 Å². The first-order chi connectivity index (χ1) is 12.2. The standard InChI is InChI=1S/C23H45NO2/c1-7-22(25)24-23(26)17-21(6)16-10-15-20(5)14-9-13-19(4)12-8-11-18(2)3/h17-20,22,25H,7-16H2,1-6H3,(H,24,26)/b21-17+. The molecule has 26 heavy (non-hydrogen) atoms. The van der Waals surface area contributed by atoms with Gasteiger partial charge in [0.15, 0.2) is 0 Å². The number of nitrogens with one attached hydrogen (secondary N) is 1. The summed E-state index contributed by atoms with van der Waals surface area (Å²) in [5.74, 6) is 2.28. The maximum atomic E-state index is 11.7. The lowest BCUT2D eigenvalue weighted by Gasteiger charge is -2.15. The first-order valence-corrected chi connectivity index (χ1v) is 10.9. The van der Waals surface area contributed by atoms with Crippen molar-refractivity contribution in [3.63, 3.8) is 0 Å². The van der Waals surface area contributed by atoms with Crippen LogP contribution in [-0.2, 0) is 4.79 Å². The van der Waals surface area contributed by atoms with Crippen LogP contribution in [0.4, 0.5) is 0 Å². The van der Waals surface area contributed by atoms with E-state index in [4.69, 9.17) is 0 Å². The van der Waals surface area contributed by atoms with Crippen LogP contribution in [0.5, 0.6) is 0 Å². The van der Waals surface area contributed by atoms with Crippen LogP contribution in [-0.4, -0.2) is 17.2 Å². The first kappa shape index (κ1) is 25.2. The van der Waals surface area contributed by atoms with E-state index in [2.05, 4.69) is 33.0 Å². The monoisotopic (exact) mass is 367 g/mol. The zero-order valence-electron chi connectivity index (χ0n) is 18.3. The summed E-state index contributed by atoms with van der Waals surface area (Å²) in [6.07, 6.45) is 12.9. The Hall–Kier alpha value is -0.830. The summed E-state index contributed by atoms with van der Waals surface area (Å²) in [6.45, 7) is 13.2. The number of hydrogen-bond donors (Lipinski definition) is 2. The smallest absolute Gasteiger partial charge is 0.245 e. The van der Waals surface area contributed by atoms with Crippen molar-refractivity contribution >= 4 is 5.91 Å². The minimum absolute atomic E-state index is 0.184. The largest absolute Gasteiger partial charge is 0.374 e. The van der Waals surface area contributed by atoms with E-state index in [0.29, 0.717) is 6.42 Å². The number of carbonyl (C=O) groups excluding carboxylic acids is 1. The maximum Gasteiger partial charge on any atom is 0.245 e. The molecule has 0 radical (unpaired) electrons. The molecule has 3 heteroatoms. The topological polar surface area (TPSA) is 49.3 Å². The Kier molecular flexibility index (Phi) is 14.8. The van der Waals surface area contributed by atoms with Gasteiger partial charge in [0.2, 0.25) is 5.91 Å². The summed E-state index contributed by atoms with van der Waals surface area (Å²) in [4.78, 5) is 11.7. The Labute approximate surface area is 163 Å². The fourth-order valence-electron chi connectivity index (χ4n) is 3.31. The van der Waals surface area contributed by atoms with Crippen molar-refractivity contribution in [3.05, 3.63) is 11.6 Å². The van der Waals surface area contributed by atoms with Crippen molar-refractivity contribution in [3.8, 4) is 0 Å². The Morgan fingerprint density at radius 1 is 0.923 bits per heavy atom. The van der Waals surface area contributed by atoms with Gasteiger partial charge in [-0.05, 0) is 43.9 Å². The van der Waals surface area contributed by atoms with Crippen molar-refractivity contribution in [2.45, 2.75) is 112 Å². The van der Waals surface area contributed by atoms with Gasteiger partial charge in [-0.1, -0.05) is 85.1 Å². The molecule has 0 aliphatic heterocycles. The van der Waals surface area contributed by atoms with Crippen LogP contribution < -0.4 is 5.32 Å². The molecule has 0 rings (SSSR count). The van der Waals surface area contributed by atoms with Crippen molar-refractivity contribution < 1.29 is 9.90 Å². The second-order valence-electron chi connectivity index (χ2n) is 8.78. The van der Waals surface area contributed by atoms with Crippen molar-refractivity contribution in [2.24, 2.45) is 17.8 Å². The van der Waals surface area contributed by atoms with E-state index in [0.717, 1.165) is 36.2 Å². The predicted octanol–water partition coefficient (Wildman–Crippen LogP) is 6.22. The highest BCUT2D eigenvalue weighted by molar-refractivity contribution is 5.88. The lowest BCUT2D eigenvalue weighted by Crippen LogP contribution is -2.32. The van der Waals surface area contributed by atoms with Crippen molar-refractivity contribution in [2.75, 3.05) is 0 Å². The zero-order chi connectivity index (χ0) is 19.9. The molecule has 0 saturated heterocycles. The van der Waals surface area contributed by atoms with Gasteiger partial charge in [0, 0.05) is 6.08 Å². The molecule has 3 nitrogen and oxygen atoms in total. The summed E-state index contributed by atoms with van der Waals surface area (Å²) >= 11 is 0. The van der Waals surface area contributed by atoms with Crippen LogP contribution in [0.15, 0.2) is 11.6 Å². The molecule has 0 bridgehead atoms. The molecule has 1 amide bonds. The van der Waals surface area contributed by atoms with Gasteiger partial charge < -0.3 is 10.4 Å². The fourth-order valence-corrected chi connectivity index (χ4v) is 3.31. The highest BCUT2D eigenvalue weighted by Crippen LogP contribution is 2.22. The van der Waals surface area contributed by atoms with Gasteiger partial charge in [-0.15, -0.1) is 0 Å². The lowest BCUT2D eigenvalue weighted by molar-refractivity contribution is -0.119. The molecule has 2 N–H and O–H groups in total. The molecular formula is C23H45NO2. The fraction of sp³-hybridized carbons (Fsp3) is 0.870. The normalized spacial score (nSPS) is 15.8. The van der Waals surface area contributed by atoms with Crippen molar-refractivity contribution in [1.82, 2.24) is 5.32 Å². The summed E-state index contributed by atoms with van der Waals surface area (Å²) in [5, 5.41) is 12.0. The zero-order valence-corrected chi connectivity index (χ0v) is 18.3. The second-order valence-corrected chi connectivity index (χ2v) is 8.78. The minimum atomic E-state index is -0.737. The number of aliphatic hydroxyl groups is 1. The molecule has 0 aromatic rings. The second kappa shape index (κ2) is 15.2. The van der Waals surface area contributed by atoms with Crippen LogP contribution >= 0.6 is 0 Å². The average molecular weight is 368 g/mol. The third-order valence-electron chi connectivity index (χ3n) is 5.21. The number of amides is 1. The van der Waals surface area contributed by atoms with Crippen molar-refractivity contribution in [1.29, 1.82) is 0 Å². The van der Waals surface area contributed by atoms with Gasteiger partial charge in [0.25, 0.3) is 0 Å². The van der Waals surface area contributed by atoms with Crippen LogP contribution in [0.2, 0.25) is 0 Å². The minimum Gasteiger partial charge on any atom is -0.374 e. The van der Waals surface area contributed by atoms with Gasteiger partial charge in [-0.2, -0.15) is 0 Å². The highest BCUT2D eigenvalue weighted by atomic mass is 16.3. The van der Waals surface area contributed by atoms with Gasteiger partial charge in [0.1, 0.15) is 6.23 Å². The number of hydrogen-bond acceptors (Lipinski definition) is 2. The van der Waals surface area contributed by atoms with E-state index in [1.54, 1.807) is 6.08 Å². The molecule has 3 unspecified atom stereocenters. The third-order valence-corrected chi connectivity index (χ3v) is 5.21. The van der Waals surface area contributed by atoms with Gasteiger partial charge in [-0.3, -0.25) is 4.79 Å². The quantitative estimate of drug-likeness (QED) is 0.267. The van der Waals surface area contributed by atoms with Gasteiger partial charge in [0.05, 0.1) is 0 Å². The number of carbonyl (C=O) groups is 1. The van der Waals surface area contributed by atoms with E-state index in [9.17, 15) is 9.90 Å². The third kappa shape index (κ3) is 15.4. The number of rotatable bonds is 15. The van der Waals surface area contributed by atoms with E-state index in [1.165, 1.54) is 44.9 Å². The van der Waals surface area contributed by atoms with Crippen LogP contribution in [0.1, 0.15) is 106 Å². The van der Waals surface area contributed by atoms with Crippen LogP contribution in [0, 0.1) is 17.8 Å². The molecule has 154 valence electrons. The highest BCUT2D eigenvalue weighted by Gasteiger charge is 2.07.